The maximum Gasteiger partial charge on any atom is 0.147 e. The van der Waals surface area contributed by atoms with E-state index >= 15 is 0 Å². The van der Waals surface area contributed by atoms with E-state index in [0.29, 0.717) is 0 Å². The standard InChI is InChI=1S/C11H18N4/c1-9-3-4-15(8-9)11-7-13-6-10(14-11)5-12-2/h6-7,9,12H,3-5,8H2,1-2H3. The molecule has 0 bridgehead atoms. The third-order valence-electron chi connectivity index (χ3n) is 2.78. The smallest absolute Gasteiger partial charge is 0.147 e. The molecule has 0 saturated carbocycles. The Labute approximate surface area is 90.7 Å². The van der Waals surface area contributed by atoms with Gasteiger partial charge >= 0.3 is 0 Å². The second kappa shape index (κ2) is 4.57. The Balaban J connectivity index is 2.10. The van der Waals surface area contributed by atoms with Crippen molar-refractivity contribution >= 4 is 5.82 Å². The van der Waals surface area contributed by atoms with Crippen LogP contribution in [0.1, 0.15) is 19.0 Å². The van der Waals surface area contributed by atoms with Crippen LogP contribution in [0.15, 0.2) is 12.4 Å². The van der Waals surface area contributed by atoms with E-state index in [2.05, 4.69) is 27.1 Å². The first kappa shape index (κ1) is 10.4. The summed E-state index contributed by atoms with van der Waals surface area (Å²) in [4.78, 5) is 11.1. The van der Waals surface area contributed by atoms with Crippen LogP contribution < -0.4 is 10.2 Å². The molecule has 1 N–H and O–H groups in total. The highest BCUT2D eigenvalue weighted by molar-refractivity contribution is 5.37. The Morgan fingerprint density at radius 1 is 1.53 bits per heavy atom. The fourth-order valence-corrected chi connectivity index (χ4v) is 1.96. The third-order valence-corrected chi connectivity index (χ3v) is 2.78. The number of nitrogens with one attached hydrogen (secondary N) is 1. The van der Waals surface area contributed by atoms with Crippen LogP contribution in [0.2, 0.25) is 0 Å². The van der Waals surface area contributed by atoms with Gasteiger partial charge in [-0.25, -0.2) is 4.98 Å². The van der Waals surface area contributed by atoms with Crippen LogP contribution in [0.3, 0.4) is 0 Å². The van der Waals surface area contributed by atoms with Gasteiger partial charge in [-0.15, -0.1) is 0 Å². The fourth-order valence-electron chi connectivity index (χ4n) is 1.96. The molecular formula is C11H18N4. The number of hydrogen-bond donors (Lipinski definition) is 1. The van der Waals surface area contributed by atoms with Gasteiger partial charge in [-0.1, -0.05) is 6.92 Å². The summed E-state index contributed by atoms with van der Waals surface area (Å²) in [6.07, 6.45) is 4.94. The molecule has 1 aliphatic rings. The van der Waals surface area contributed by atoms with Crippen molar-refractivity contribution in [3.05, 3.63) is 18.1 Å². The second-order valence-corrected chi connectivity index (χ2v) is 4.24. The lowest BCUT2D eigenvalue weighted by atomic mass is 10.2. The van der Waals surface area contributed by atoms with Crippen LogP contribution in [-0.4, -0.2) is 30.1 Å². The molecular weight excluding hydrogens is 188 g/mol. The Morgan fingerprint density at radius 3 is 3.07 bits per heavy atom. The van der Waals surface area contributed by atoms with Gasteiger partial charge in [0, 0.05) is 25.8 Å². The molecule has 4 nitrogen and oxygen atoms in total. The van der Waals surface area contributed by atoms with E-state index in [4.69, 9.17) is 0 Å². The highest BCUT2D eigenvalue weighted by Gasteiger charge is 2.19. The predicted octanol–water partition coefficient (Wildman–Crippen LogP) is 1.04. The molecule has 4 heteroatoms. The van der Waals surface area contributed by atoms with Gasteiger partial charge in [-0.3, -0.25) is 4.98 Å². The molecule has 1 aromatic heterocycles. The minimum Gasteiger partial charge on any atom is -0.355 e. The predicted molar refractivity (Wildman–Crippen MR) is 60.8 cm³/mol. The normalized spacial score (nSPS) is 20.9. The number of nitrogens with zero attached hydrogens (tertiary/aromatic N) is 3. The van der Waals surface area contributed by atoms with Crippen LogP contribution in [0.4, 0.5) is 5.82 Å². The van der Waals surface area contributed by atoms with Crippen LogP contribution in [0.5, 0.6) is 0 Å². The fraction of sp³-hybridized carbons (Fsp3) is 0.636. The lowest BCUT2D eigenvalue weighted by molar-refractivity contribution is 0.658. The van der Waals surface area contributed by atoms with E-state index in [1.165, 1.54) is 6.42 Å². The summed E-state index contributed by atoms with van der Waals surface area (Å²) in [5, 5.41) is 3.09. The van der Waals surface area contributed by atoms with Crippen LogP contribution >= 0.6 is 0 Å². The van der Waals surface area contributed by atoms with Crippen molar-refractivity contribution in [3.8, 4) is 0 Å². The zero-order valence-electron chi connectivity index (χ0n) is 9.40. The lowest BCUT2D eigenvalue weighted by Crippen LogP contribution is -2.21. The van der Waals surface area contributed by atoms with E-state index < -0.39 is 0 Å². The van der Waals surface area contributed by atoms with Gasteiger partial charge in [0.15, 0.2) is 0 Å². The molecule has 1 unspecified atom stereocenters. The van der Waals surface area contributed by atoms with Crippen LogP contribution in [0, 0.1) is 5.92 Å². The molecule has 0 spiro atoms. The van der Waals surface area contributed by atoms with Crippen LogP contribution in [-0.2, 0) is 6.54 Å². The monoisotopic (exact) mass is 206 g/mol. The molecule has 2 rings (SSSR count). The molecule has 1 aliphatic heterocycles. The molecule has 0 amide bonds. The molecule has 82 valence electrons. The molecule has 2 heterocycles. The molecule has 1 atom stereocenters. The van der Waals surface area contributed by atoms with Crippen molar-refractivity contribution in [3.63, 3.8) is 0 Å². The maximum absolute atomic E-state index is 4.58. The number of aromatic nitrogens is 2. The van der Waals surface area contributed by atoms with Crippen molar-refractivity contribution < 1.29 is 0 Å². The SMILES string of the molecule is CNCc1cncc(N2CCC(C)C2)n1. The van der Waals surface area contributed by atoms with Crippen LogP contribution in [0.25, 0.3) is 0 Å². The molecule has 0 aliphatic carbocycles. The van der Waals surface area contributed by atoms with Gasteiger partial charge in [0.2, 0.25) is 0 Å². The van der Waals surface area contributed by atoms with Gasteiger partial charge in [-0.2, -0.15) is 0 Å². The van der Waals surface area contributed by atoms with E-state index in [0.717, 1.165) is 37.1 Å². The number of hydrogen-bond acceptors (Lipinski definition) is 4. The molecule has 0 aromatic carbocycles. The van der Waals surface area contributed by atoms with Gasteiger partial charge in [-0.05, 0) is 19.4 Å². The Bertz CT molecular complexity index is 326. The first-order valence-corrected chi connectivity index (χ1v) is 5.50. The topological polar surface area (TPSA) is 41.1 Å². The van der Waals surface area contributed by atoms with E-state index in [-0.39, 0.29) is 0 Å². The Morgan fingerprint density at radius 2 is 2.40 bits per heavy atom. The first-order valence-electron chi connectivity index (χ1n) is 5.50. The summed E-state index contributed by atoms with van der Waals surface area (Å²) in [6, 6.07) is 0. The minimum absolute atomic E-state index is 0.778. The number of anilines is 1. The summed E-state index contributed by atoms with van der Waals surface area (Å²) in [5.41, 5.74) is 1.01. The summed E-state index contributed by atoms with van der Waals surface area (Å²) in [5.74, 6) is 1.80. The molecule has 1 aromatic rings. The Kier molecular flexibility index (Phi) is 3.16. The van der Waals surface area contributed by atoms with Crippen molar-refractivity contribution in [2.24, 2.45) is 5.92 Å². The van der Waals surface area contributed by atoms with Gasteiger partial charge in [0.1, 0.15) is 5.82 Å². The van der Waals surface area contributed by atoms with Gasteiger partial charge in [0.25, 0.3) is 0 Å². The average molecular weight is 206 g/mol. The average Bonchev–Trinajstić information content (AvgIpc) is 2.66. The highest BCUT2D eigenvalue weighted by Crippen LogP contribution is 2.20. The summed E-state index contributed by atoms with van der Waals surface area (Å²) in [6.45, 7) is 5.28. The largest absolute Gasteiger partial charge is 0.355 e. The molecule has 1 fully saturated rings. The van der Waals surface area contributed by atoms with Gasteiger partial charge < -0.3 is 10.2 Å². The maximum atomic E-state index is 4.58. The van der Waals surface area contributed by atoms with Gasteiger partial charge in [0.05, 0.1) is 11.9 Å². The van der Waals surface area contributed by atoms with E-state index in [1.807, 2.05) is 19.4 Å². The van der Waals surface area contributed by atoms with E-state index in [1.54, 1.807) is 0 Å². The first-order chi connectivity index (χ1) is 7.29. The lowest BCUT2D eigenvalue weighted by Gasteiger charge is -2.16. The molecule has 1 saturated heterocycles. The summed E-state index contributed by atoms with van der Waals surface area (Å²) in [7, 11) is 1.92. The highest BCUT2D eigenvalue weighted by atomic mass is 15.2. The second-order valence-electron chi connectivity index (χ2n) is 4.24. The van der Waals surface area contributed by atoms with Crippen molar-refractivity contribution in [2.45, 2.75) is 19.9 Å². The van der Waals surface area contributed by atoms with Crippen molar-refractivity contribution in [1.82, 2.24) is 15.3 Å². The Hall–Kier alpha value is -1.16. The third kappa shape index (κ3) is 2.45. The molecule has 0 radical (unpaired) electrons. The van der Waals surface area contributed by atoms with Crippen molar-refractivity contribution in [1.29, 1.82) is 0 Å². The minimum atomic E-state index is 0.778. The quantitative estimate of drug-likeness (QED) is 0.802. The summed E-state index contributed by atoms with van der Waals surface area (Å²) >= 11 is 0. The zero-order chi connectivity index (χ0) is 10.7. The zero-order valence-corrected chi connectivity index (χ0v) is 9.40. The molecule has 15 heavy (non-hydrogen) atoms. The van der Waals surface area contributed by atoms with E-state index in [9.17, 15) is 0 Å². The van der Waals surface area contributed by atoms with Crippen molar-refractivity contribution in [2.75, 3.05) is 25.0 Å². The summed E-state index contributed by atoms with van der Waals surface area (Å²) < 4.78 is 0. The number of rotatable bonds is 3.